The van der Waals surface area contributed by atoms with Crippen LogP contribution in [0.25, 0.3) is 0 Å². The topological polar surface area (TPSA) is 9.23 Å². The fraction of sp³-hybridized carbons (Fsp3) is 1.00. The third-order valence-corrected chi connectivity index (χ3v) is 2.04. The molecule has 1 saturated carbocycles. The minimum Gasteiger partial charge on any atom is -0.376 e. The average Bonchev–Trinajstić information content (AvgIpc) is 2.06. The van der Waals surface area contributed by atoms with Crippen LogP contribution in [0.15, 0.2) is 0 Å². The van der Waals surface area contributed by atoms with Crippen molar-refractivity contribution in [3.63, 3.8) is 0 Å². The van der Waals surface area contributed by atoms with Gasteiger partial charge in [-0.25, -0.2) is 0 Å². The van der Waals surface area contributed by atoms with E-state index < -0.39 is 0 Å². The van der Waals surface area contributed by atoms with E-state index in [1.807, 2.05) is 27.7 Å². The lowest BCUT2D eigenvalue weighted by Gasteiger charge is -2.09. The van der Waals surface area contributed by atoms with Gasteiger partial charge < -0.3 is 4.74 Å². The molecule has 0 amide bonds. The molecule has 0 heterocycles. The number of ether oxygens (including phenoxy) is 1. The average molecular weight is 186 g/mol. The Morgan fingerprint density at radius 1 is 0.615 bits per heavy atom. The SMILES string of the molecule is C1CCCCC1.CC(C)OC(C)C. The summed E-state index contributed by atoms with van der Waals surface area (Å²) in [6, 6.07) is 0. The van der Waals surface area contributed by atoms with E-state index in [-0.39, 0.29) is 0 Å². The molecule has 0 bridgehead atoms. The van der Waals surface area contributed by atoms with Gasteiger partial charge in [-0.15, -0.1) is 0 Å². The zero-order valence-electron chi connectivity index (χ0n) is 9.81. The lowest BCUT2D eigenvalue weighted by molar-refractivity contribution is 0.0300. The smallest absolute Gasteiger partial charge is 0.0522 e. The van der Waals surface area contributed by atoms with Crippen LogP contribution in [0.2, 0.25) is 0 Å². The van der Waals surface area contributed by atoms with Crippen LogP contribution in [0.5, 0.6) is 0 Å². The summed E-state index contributed by atoms with van der Waals surface area (Å²) in [5, 5.41) is 0. The van der Waals surface area contributed by atoms with E-state index in [2.05, 4.69) is 0 Å². The van der Waals surface area contributed by atoms with Gasteiger partial charge in [-0.3, -0.25) is 0 Å². The molecule has 0 radical (unpaired) electrons. The van der Waals surface area contributed by atoms with Crippen LogP contribution in [0.4, 0.5) is 0 Å². The van der Waals surface area contributed by atoms with Gasteiger partial charge in [0.05, 0.1) is 12.2 Å². The minimum atomic E-state index is 0.375. The Labute approximate surface area is 83.9 Å². The molecule has 1 rings (SSSR count). The molecule has 13 heavy (non-hydrogen) atoms. The van der Waals surface area contributed by atoms with Crippen molar-refractivity contribution in [2.75, 3.05) is 0 Å². The summed E-state index contributed by atoms with van der Waals surface area (Å²) in [4.78, 5) is 0. The van der Waals surface area contributed by atoms with E-state index in [0.717, 1.165) is 0 Å². The molecular formula is C12H26O. The zero-order chi connectivity index (χ0) is 10.1. The van der Waals surface area contributed by atoms with Gasteiger partial charge in [-0.05, 0) is 27.7 Å². The molecule has 0 aromatic carbocycles. The fourth-order valence-electron chi connectivity index (χ4n) is 1.60. The van der Waals surface area contributed by atoms with Gasteiger partial charge in [0, 0.05) is 0 Å². The van der Waals surface area contributed by atoms with Crippen molar-refractivity contribution in [1.82, 2.24) is 0 Å². The Morgan fingerprint density at radius 2 is 0.846 bits per heavy atom. The van der Waals surface area contributed by atoms with E-state index >= 15 is 0 Å². The predicted octanol–water partition coefficient (Wildman–Crippen LogP) is 4.16. The molecule has 1 aliphatic rings. The lowest BCUT2D eigenvalue weighted by atomic mass is 10.0. The van der Waals surface area contributed by atoms with Gasteiger partial charge in [0.1, 0.15) is 0 Å². The molecule has 0 N–H and O–H groups in total. The molecule has 0 unspecified atom stereocenters. The van der Waals surface area contributed by atoms with Crippen LogP contribution in [0.1, 0.15) is 66.2 Å². The van der Waals surface area contributed by atoms with Crippen molar-refractivity contribution in [3.05, 3.63) is 0 Å². The summed E-state index contributed by atoms with van der Waals surface area (Å²) < 4.78 is 5.25. The van der Waals surface area contributed by atoms with E-state index in [1.54, 1.807) is 0 Å². The molecule has 0 aromatic rings. The van der Waals surface area contributed by atoms with Crippen molar-refractivity contribution in [1.29, 1.82) is 0 Å². The molecule has 80 valence electrons. The predicted molar refractivity (Wildman–Crippen MR) is 59.1 cm³/mol. The van der Waals surface area contributed by atoms with Crippen molar-refractivity contribution < 1.29 is 4.74 Å². The second kappa shape index (κ2) is 8.55. The summed E-state index contributed by atoms with van der Waals surface area (Å²) in [7, 11) is 0. The molecular weight excluding hydrogens is 160 g/mol. The third kappa shape index (κ3) is 12.0. The highest BCUT2D eigenvalue weighted by molar-refractivity contribution is 4.51. The first-order valence-corrected chi connectivity index (χ1v) is 5.78. The summed E-state index contributed by atoms with van der Waals surface area (Å²) in [6.07, 6.45) is 9.75. The molecule has 0 spiro atoms. The van der Waals surface area contributed by atoms with Gasteiger partial charge in [-0.1, -0.05) is 38.5 Å². The van der Waals surface area contributed by atoms with Crippen molar-refractivity contribution in [2.45, 2.75) is 78.4 Å². The van der Waals surface area contributed by atoms with E-state index in [0.29, 0.717) is 12.2 Å². The molecule has 1 fully saturated rings. The van der Waals surface area contributed by atoms with Crippen LogP contribution in [-0.4, -0.2) is 12.2 Å². The van der Waals surface area contributed by atoms with E-state index in [9.17, 15) is 0 Å². The zero-order valence-corrected chi connectivity index (χ0v) is 9.81. The maximum Gasteiger partial charge on any atom is 0.0522 e. The summed E-state index contributed by atoms with van der Waals surface area (Å²) >= 11 is 0. The fourth-order valence-corrected chi connectivity index (χ4v) is 1.60. The van der Waals surface area contributed by atoms with Gasteiger partial charge in [0.25, 0.3) is 0 Å². The van der Waals surface area contributed by atoms with Crippen LogP contribution in [-0.2, 0) is 4.74 Å². The molecule has 0 atom stereocenters. The van der Waals surface area contributed by atoms with Gasteiger partial charge >= 0.3 is 0 Å². The molecule has 0 aromatic heterocycles. The first kappa shape index (κ1) is 13.0. The van der Waals surface area contributed by atoms with Crippen molar-refractivity contribution in [3.8, 4) is 0 Å². The highest BCUT2D eigenvalue weighted by Gasteiger charge is 1.95. The second-order valence-electron chi connectivity index (χ2n) is 4.35. The molecule has 0 aliphatic heterocycles. The summed E-state index contributed by atoms with van der Waals surface area (Å²) in [5.41, 5.74) is 0. The van der Waals surface area contributed by atoms with Crippen LogP contribution in [0, 0.1) is 0 Å². The normalized spacial score (nSPS) is 17.1. The Kier molecular flexibility index (Phi) is 8.53. The highest BCUT2D eigenvalue weighted by Crippen LogP contribution is 2.15. The molecule has 0 saturated heterocycles. The summed E-state index contributed by atoms with van der Waals surface area (Å²) in [6.45, 7) is 8.17. The van der Waals surface area contributed by atoms with Gasteiger partial charge in [-0.2, -0.15) is 0 Å². The highest BCUT2D eigenvalue weighted by atomic mass is 16.5. The first-order chi connectivity index (χ1) is 6.13. The Bertz CT molecular complexity index is 75.8. The lowest BCUT2D eigenvalue weighted by Crippen LogP contribution is -2.09. The third-order valence-electron chi connectivity index (χ3n) is 2.04. The maximum atomic E-state index is 5.25. The molecule has 1 heteroatoms. The van der Waals surface area contributed by atoms with Gasteiger partial charge in [0.15, 0.2) is 0 Å². The quantitative estimate of drug-likeness (QED) is 0.629. The Hall–Kier alpha value is -0.0400. The number of rotatable bonds is 2. The van der Waals surface area contributed by atoms with Crippen LogP contribution >= 0.6 is 0 Å². The Balaban J connectivity index is 0.000000223. The maximum absolute atomic E-state index is 5.25. The van der Waals surface area contributed by atoms with Crippen LogP contribution in [0.3, 0.4) is 0 Å². The first-order valence-electron chi connectivity index (χ1n) is 5.78. The van der Waals surface area contributed by atoms with E-state index in [1.165, 1.54) is 38.5 Å². The van der Waals surface area contributed by atoms with E-state index in [4.69, 9.17) is 4.74 Å². The van der Waals surface area contributed by atoms with Gasteiger partial charge in [0.2, 0.25) is 0 Å². The van der Waals surface area contributed by atoms with Crippen molar-refractivity contribution in [2.24, 2.45) is 0 Å². The largest absolute Gasteiger partial charge is 0.376 e. The van der Waals surface area contributed by atoms with Crippen LogP contribution < -0.4 is 0 Å². The second-order valence-corrected chi connectivity index (χ2v) is 4.35. The summed E-state index contributed by atoms with van der Waals surface area (Å²) in [5.74, 6) is 0. The number of hydrogen-bond acceptors (Lipinski definition) is 1. The minimum absolute atomic E-state index is 0.375. The number of hydrogen-bond donors (Lipinski definition) is 0. The Morgan fingerprint density at radius 3 is 0.923 bits per heavy atom. The monoisotopic (exact) mass is 186 g/mol. The standard InChI is InChI=1S/C6H14O.C6H12/c1-5(2)7-6(3)4;1-2-4-6-5-3-1/h5-6H,1-4H3;1-6H2. The van der Waals surface area contributed by atoms with Crippen molar-refractivity contribution >= 4 is 0 Å². The molecule has 1 nitrogen and oxygen atoms in total. The molecule has 1 aliphatic carbocycles.